The van der Waals surface area contributed by atoms with E-state index in [9.17, 15) is 4.79 Å². The van der Waals surface area contributed by atoms with Gasteiger partial charge in [-0.1, -0.05) is 6.92 Å². The highest BCUT2D eigenvalue weighted by molar-refractivity contribution is 5.85. The lowest BCUT2D eigenvalue weighted by Gasteiger charge is -2.32. The topological polar surface area (TPSA) is 72.3 Å². The standard InChI is InChI=1S/C13H25N3O/c1-10-3-2-7-16(8-6-10)9-13(15,12(14)17)11-4-5-11/h10-11H,2-9,15H2,1H3,(H2,14,17). The monoisotopic (exact) mass is 239 g/mol. The van der Waals surface area contributed by atoms with Gasteiger partial charge >= 0.3 is 0 Å². The minimum atomic E-state index is -0.784. The molecule has 0 radical (unpaired) electrons. The van der Waals surface area contributed by atoms with Crippen LogP contribution in [0.4, 0.5) is 0 Å². The Morgan fingerprint density at radius 2 is 2.00 bits per heavy atom. The van der Waals surface area contributed by atoms with Crippen LogP contribution in [0, 0.1) is 11.8 Å². The molecule has 0 bridgehead atoms. The molecule has 4 N–H and O–H groups in total. The fourth-order valence-electron chi connectivity index (χ4n) is 2.86. The van der Waals surface area contributed by atoms with Crippen LogP contribution in [0.15, 0.2) is 0 Å². The van der Waals surface area contributed by atoms with Crippen LogP contribution in [-0.2, 0) is 4.79 Å². The minimum Gasteiger partial charge on any atom is -0.368 e. The third kappa shape index (κ3) is 2.99. The van der Waals surface area contributed by atoms with Crippen molar-refractivity contribution in [3.63, 3.8) is 0 Å². The van der Waals surface area contributed by atoms with Gasteiger partial charge in [0.1, 0.15) is 5.54 Å². The highest BCUT2D eigenvalue weighted by Crippen LogP contribution is 2.38. The van der Waals surface area contributed by atoms with Gasteiger partial charge in [0.15, 0.2) is 0 Å². The molecule has 0 aromatic carbocycles. The lowest BCUT2D eigenvalue weighted by atomic mass is 9.92. The highest BCUT2D eigenvalue weighted by atomic mass is 16.1. The van der Waals surface area contributed by atoms with Crippen LogP contribution in [0.2, 0.25) is 0 Å². The number of nitrogens with zero attached hydrogens (tertiary/aromatic N) is 1. The van der Waals surface area contributed by atoms with Gasteiger partial charge in [-0.2, -0.15) is 0 Å². The highest BCUT2D eigenvalue weighted by Gasteiger charge is 2.47. The molecule has 4 heteroatoms. The van der Waals surface area contributed by atoms with E-state index < -0.39 is 5.54 Å². The second-order valence-corrected chi connectivity index (χ2v) is 5.99. The molecule has 0 aromatic rings. The van der Waals surface area contributed by atoms with E-state index in [1.54, 1.807) is 0 Å². The number of amides is 1. The van der Waals surface area contributed by atoms with Gasteiger partial charge in [-0.3, -0.25) is 4.79 Å². The van der Waals surface area contributed by atoms with E-state index in [0.717, 1.165) is 31.8 Å². The average Bonchev–Trinajstić information content (AvgIpc) is 3.07. The zero-order valence-corrected chi connectivity index (χ0v) is 10.8. The summed E-state index contributed by atoms with van der Waals surface area (Å²) >= 11 is 0. The van der Waals surface area contributed by atoms with Crippen LogP contribution < -0.4 is 11.5 Å². The normalized spacial score (nSPS) is 30.6. The van der Waals surface area contributed by atoms with Gasteiger partial charge in [0.25, 0.3) is 0 Å². The molecule has 2 fully saturated rings. The van der Waals surface area contributed by atoms with Crippen molar-refractivity contribution < 1.29 is 4.79 Å². The van der Waals surface area contributed by atoms with E-state index in [4.69, 9.17) is 11.5 Å². The molecular weight excluding hydrogens is 214 g/mol. The van der Waals surface area contributed by atoms with Crippen LogP contribution in [0.3, 0.4) is 0 Å². The zero-order chi connectivity index (χ0) is 12.5. The smallest absolute Gasteiger partial charge is 0.239 e. The van der Waals surface area contributed by atoms with Gasteiger partial charge < -0.3 is 16.4 Å². The molecule has 4 nitrogen and oxygen atoms in total. The molecule has 0 aromatic heterocycles. The van der Waals surface area contributed by atoms with Gasteiger partial charge in [0.05, 0.1) is 0 Å². The summed E-state index contributed by atoms with van der Waals surface area (Å²) < 4.78 is 0. The summed E-state index contributed by atoms with van der Waals surface area (Å²) in [5, 5.41) is 0. The summed E-state index contributed by atoms with van der Waals surface area (Å²) in [7, 11) is 0. The first kappa shape index (κ1) is 12.8. The number of nitrogens with two attached hydrogens (primary N) is 2. The number of carbonyl (C=O) groups is 1. The van der Waals surface area contributed by atoms with Crippen molar-refractivity contribution in [1.29, 1.82) is 0 Å². The second-order valence-electron chi connectivity index (χ2n) is 5.99. The Labute approximate surface area is 104 Å². The molecule has 1 aliphatic heterocycles. The van der Waals surface area contributed by atoms with E-state index in [1.165, 1.54) is 19.3 Å². The first-order valence-corrected chi connectivity index (χ1v) is 6.83. The molecule has 98 valence electrons. The molecule has 1 saturated carbocycles. The van der Waals surface area contributed by atoms with E-state index in [2.05, 4.69) is 11.8 Å². The SMILES string of the molecule is CC1CCCN(CC(N)(C(N)=O)C2CC2)CC1. The number of carbonyl (C=O) groups excluding carboxylic acids is 1. The molecule has 2 aliphatic rings. The van der Waals surface area contributed by atoms with E-state index >= 15 is 0 Å². The quantitative estimate of drug-likeness (QED) is 0.758. The summed E-state index contributed by atoms with van der Waals surface area (Å²) in [4.78, 5) is 13.9. The summed E-state index contributed by atoms with van der Waals surface area (Å²) in [6, 6.07) is 0. The fourth-order valence-corrected chi connectivity index (χ4v) is 2.86. The molecule has 1 amide bonds. The van der Waals surface area contributed by atoms with Gasteiger partial charge in [0.2, 0.25) is 5.91 Å². The lowest BCUT2D eigenvalue weighted by molar-refractivity contribution is -0.124. The second kappa shape index (κ2) is 4.94. The number of primary amides is 1. The van der Waals surface area contributed by atoms with Crippen LogP contribution in [-0.4, -0.2) is 36.0 Å². The summed E-state index contributed by atoms with van der Waals surface area (Å²) in [5.74, 6) is 0.791. The third-order valence-electron chi connectivity index (χ3n) is 4.36. The van der Waals surface area contributed by atoms with E-state index in [0.29, 0.717) is 12.5 Å². The number of hydrogen-bond acceptors (Lipinski definition) is 3. The maximum atomic E-state index is 11.6. The number of hydrogen-bond donors (Lipinski definition) is 2. The van der Waals surface area contributed by atoms with Crippen LogP contribution >= 0.6 is 0 Å². The number of rotatable bonds is 4. The first-order chi connectivity index (χ1) is 8.02. The van der Waals surface area contributed by atoms with Crippen molar-refractivity contribution in [3.05, 3.63) is 0 Å². The Bertz CT molecular complexity index is 290. The van der Waals surface area contributed by atoms with Crippen molar-refractivity contribution in [1.82, 2.24) is 4.90 Å². The Kier molecular flexibility index (Phi) is 3.73. The maximum Gasteiger partial charge on any atom is 0.239 e. The molecular formula is C13H25N3O. The predicted molar refractivity (Wildman–Crippen MR) is 68.3 cm³/mol. The van der Waals surface area contributed by atoms with Crippen molar-refractivity contribution in [2.75, 3.05) is 19.6 Å². The van der Waals surface area contributed by atoms with Crippen LogP contribution in [0.5, 0.6) is 0 Å². The van der Waals surface area contributed by atoms with Crippen LogP contribution in [0.1, 0.15) is 39.0 Å². The van der Waals surface area contributed by atoms with Crippen molar-refractivity contribution >= 4 is 5.91 Å². The fraction of sp³-hybridized carbons (Fsp3) is 0.923. The Morgan fingerprint density at radius 1 is 1.29 bits per heavy atom. The lowest BCUT2D eigenvalue weighted by Crippen LogP contribution is -2.60. The molecule has 0 spiro atoms. The Balaban J connectivity index is 1.95. The Hall–Kier alpha value is -0.610. The Morgan fingerprint density at radius 3 is 2.59 bits per heavy atom. The van der Waals surface area contributed by atoms with Gasteiger partial charge in [-0.25, -0.2) is 0 Å². The largest absolute Gasteiger partial charge is 0.368 e. The maximum absolute atomic E-state index is 11.6. The van der Waals surface area contributed by atoms with Crippen molar-refractivity contribution in [2.45, 2.75) is 44.6 Å². The zero-order valence-electron chi connectivity index (χ0n) is 10.8. The molecule has 17 heavy (non-hydrogen) atoms. The summed E-state index contributed by atoms with van der Waals surface area (Å²) in [6.45, 7) is 5.07. The molecule has 2 rings (SSSR count). The van der Waals surface area contributed by atoms with E-state index in [1.807, 2.05) is 0 Å². The summed E-state index contributed by atoms with van der Waals surface area (Å²) in [5.41, 5.74) is 11.0. The van der Waals surface area contributed by atoms with Gasteiger partial charge in [-0.05, 0) is 57.0 Å². The van der Waals surface area contributed by atoms with Crippen LogP contribution in [0.25, 0.3) is 0 Å². The predicted octanol–water partition coefficient (Wildman–Crippen LogP) is 0.701. The number of likely N-dealkylation sites (tertiary alicyclic amines) is 1. The first-order valence-electron chi connectivity index (χ1n) is 6.83. The minimum absolute atomic E-state index is 0.320. The molecule has 1 saturated heterocycles. The van der Waals surface area contributed by atoms with Gasteiger partial charge in [0, 0.05) is 6.54 Å². The van der Waals surface area contributed by atoms with Crippen molar-refractivity contribution in [2.24, 2.45) is 23.3 Å². The average molecular weight is 239 g/mol. The third-order valence-corrected chi connectivity index (χ3v) is 4.36. The van der Waals surface area contributed by atoms with E-state index in [-0.39, 0.29) is 5.91 Å². The molecule has 1 heterocycles. The molecule has 2 atom stereocenters. The molecule has 2 unspecified atom stereocenters. The molecule has 1 aliphatic carbocycles. The van der Waals surface area contributed by atoms with Gasteiger partial charge in [-0.15, -0.1) is 0 Å². The summed E-state index contributed by atoms with van der Waals surface area (Å²) in [6.07, 6.45) is 5.82. The van der Waals surface area contributed by atoms with Crippen molar-refractivity contribution in [3.8, 4) is 0 Å².